The largest absolute Gasteiger partial charge is 0.264 e. The second-order valence-corrected chi connectivity index (χ2v) is 6.38. The van der Waals surface area contributed by atoms with Gasteiger partial charge in [0, 0.05) is 35.9 Å². The van der Waals surface area contributed by atoms with Gasteiger partial charge in [-0.25, -0.2) is 25.0 Å². The van der Waals surface area contributed by atoms with E-state index in [1.807, 2.05) is 29.4 Å². The molecule has 1 aromatic carbocycles. The SMILES string of the molecule is C[C@@H](c1cc2nccn2nc1-c1ccccc1)N1NNN=C1c1cncnc1. The second-order valence-electron chi connectivity index (χ2n) is 6.38. The van der Waals surface area contributed by atoms with E-state index in [4.69, 9.17) is 5.10 Å². The summed E-state index contributed by atoms with van der Waals surface area (Å²) in [6, 6.07) is 12.1. The molecule has 0 spiro atoms. The molecule has 28 heavy (non-hydrogen) atoms. The van der Waals surface area contributed by atoms with Crippen molar-refractivity contribution in [2.45, 2.75) is 13.0 Å². The average molecular weight is 371 g/mol. The Hall–Kier alpha value is -3.85. The number of nitrogens with one attached hydrogen (secondary N) is 2. The first-order valence-corrected chi connectivity index (χ1v) is 8.84. The van der Waals surface area contributed by atoms with Crippen LogP contribution in [0.1, 0.15) is 24.1 Å². The van der Waals surface area contributed by atoms with Gasteiger partial charge in [0.25, 0.3) is 0 Å². The van der Waals surface area contributed by atoms with Crippen LogP contribution in [0.5, 0.6) is 0 Å². The number of nitrogens with zero attached hydrogens (tertiary/aromatic N) is 7. The fraction of sp³-hybridized carbons (Fsp3) is 0.105. The predicted molar refractivity (Wildman–Crippen MR) is 104 cm³/mol. The molecule has 0 unspecified atom stereocenters. The number of hydrazone groups is 1. The van der Waals surface area contributed by atoms with Crippen molar-refractivity contribution in [3.05, 3.63) is 78.6 Å². The van der Waals surface area contributed by atoms with Crippen molar-refractivity contribution in [2.24, 2.45) is 5.10 Å². The van der Waals surface area contributed by atoms with Crippen LogP contribution in [0.15, 0.2) is 72.6 Å². The summed E-state index contributed by atoms with van der Waals surface area (Å²) in [7, 11) is 0. The summed E-state index contributed by atoms with van der Waals surface area (Å²) in [6.07, 6.45) is 8.55. The van der Waals surface area contributed by atoms with Gasteiger partial charge in [-0.2, -0.15) is 5.10 Å². The van der Waals surface area contributed by atoms with E-state index in [2.05, 4.69) is 56.2 Å². The maximum atomic E-state index is 4.81. The molecule has 2 N–H and O–H groups in total. The molecule has 0 radical (unpaired) electrons. The van der Waals surface area contributed by atoms with Gasteiger partial charge < -0.3 is 0 Å². The van der Waals surface area contributed by atoms with Crippen LogP contribution >= 0.6 is 0 Å². The van der Waals surface area contributed by atoms with Crippen molar-refractivity contribution >= 4 is 11.5 Å². The summed E-state index contributed by atoms with van der Waals surface area (Å²) in [5.74, 6) is 0.704. The molecule has 9 heteroatoms. The Morgan fingerprint density at radius 1 is 1.04 bits per heavy atom. The minimum atomic E-state index is -0.0987. The molecule has 3 aromatic heterocycles. The Morgan fingerprint density at radius 2 is 1.86 bits per heavy atom. The standard InChI is InChI=1S/C19H17N9/c1-13(28-19(23-25-26-28)15-10-20-12-21-11-15)16-9-17-22-7-8-27(17)24-18(16)14-5-3-2-4-6-14/h2-13,25-26H,1H3/t13-/m0/s1. The highest BCUT2D eigenvalue weighted by atomic mass is 15.8. The maximum absolute atomic E-state index is 4.81. The zero-order valence-corrected chi connectivity index (χ0v) is 15.1. The molecule has 4 heterocycles. The Labute approximate surface area is 160 Å². The number of benzene rings is 1. The van der Waals surface area contributed by atoms with Gasteiger partial charge in [-0.15, -0.1) is 10.6 Å². The number of hydrogen-bond donors (Lipinski definition) is 2. The summed E-state index contributed by atoms with van der Waals surface area (Å²) in [5, 5.41) is 11.1. The number of imidazole rings is 1. The van der Waals surface area contributed by atoms with Gasteiger partial charge in [0.1, 0.15) is 6.33 Å². The zero-order chi connectivity index (χ0) is 18.9. The summed E-state index contributed by atoms with van der Waals surface area (Å²) < 4.78 is 1.79. The molecule has 1 aliphatic heterocycles. The molecule has 1 atom stereocenters. The van der Waals surface area contributed by atoms with E-state index in [1.165, 1.54) is 6.33 Å². The molecule has 0 bridgehead atoms. The van der Waals surface area contributed by atoms with Crippen LogP contribution in [-0.2, 0) is 0 Å². The Bertz CT molecular complexity index is 1140. The average Bonchev–Trinajstić information content (AvgIpc) is 3.43. The summed E-state index contributed by atoms with van der Waals surface area (Å²) in [6.45, 7) is 2.09. The third kappa shape index (κ3) is 2.74. The molecular formula is C19H17N9. The number of rotatable bonds is 4. The van der Waals surface area contributed by atoms with Crippen molar-refractivity contribution in [3.8, 4) is 11.3 Å². The highest BCUT2D eigenvalue weighted by molar-refractivity contribution is 5.98. The van der Waals surface area contributed by atoms with E-state index in [0.29, 0.717) is 5.84 Å². The molecule has 0 amide bonds. The van der Waals surface area contributed by atoms with E-state index in [9.17, 15) is 0 Å². The zero-order valence-electron chi connectivity index (χ0n) is 15.1. The van der Waals surface area contributed by atoms with Gasteiger partial charge in [-0.1, -0.05) is 30.3 Å². The van der Waals surface area contributed by atoms with E-state index >= 15 is 0 Å². The van der Waals surface area contributed by atoms with Gasteiger partial charge >= 0.3 is 0 Å². The van der Waals surface area contributed by atoms with Crippen LogP contribution in [0.2, 0.25) is 0 Å². The maximum Gasteiger partial charge on any atom is 0.176 e. The lowest BCUT2D eigenvalue weighted by Crippen LogP contribution is -2.43. The lowest BCUT2D eigenvalue weighted by Gasteiger charge is -2.27. The fourth-order valence-corrected chi connectivity index (χ4v) is 3.28. The van der Waals surface area contributed by atoms with Gasteiger partial charge in [0.15, 0.2) is 11.5 Å². The molecule has 0 fully saturated rings. The van der Waals surface area contributed by atoms with Gasteiger partial charge in [-0.3, -0.25) is 5.01 Å². The number of hydrogen-bond acceptors (Lipinski definition) is 8. The summed E-state index contributed by atoms with van der Waals surface area (Å²) >= 11 is 0. The molecule has 5 rings (SSSR count). The van der Waals surface area contributed by atoms with Gasteiger partial charge in [-0.05, 0) is 13.0 Å². The molecular weight excluding hydrogens is 354 g/mol. The first-order valence-electron chi connectivity index (χ1n) is 8.84. The molecule has 138 valence electrons. The molecule has 1 aliphatic rings. The highest BCUT2D eigenvalue weighted by Crippen LogP contribution is 2.31. The molecule has 0 aliphatic carbocycles. The Kier molecular flexibility index (Phi) is 3.91. The second kappa shape index (κ2) is 6.71. The van der Waals surface area contributed by atoms with E-state index < -0.39 is 0 Å². The minimum Gasteiger partial charge on any atom is -0.264 e. The van der Waals surface area contributed by atoms with Crippen LogP contribution in [0.3, 0.4) is 0 Å². The van der Waals surface area contributed by atoms with Crippen LogP contribution in [0.25, 0.3) is 16.9 Å². The lowest BCUT2D eigenvalue weighted by atomic mass is 10.0. The first-order chi connectivity index (χ1) is 13.8. The normalized spacial score (nSPS) is 14.8. The molecule has 0 saturated carbocycles. The summed E-state index contributed by atoms with van der Waals surface area (Å²) in [5.41, 5.74) is 10.5. The predicted octanol–water partition coefficient (Wildman–Crippen LogP) is 1.93. The molecule has 0 saturated heterocycles. The smallest absolute Gasteiger partial charge is 0.176 e. The minimum absolute atomic E-state index is 0.0987. The van der Waals surface area contributed by atoms with E-state index in [0.717, 1.165) is 28.0 Å². The van der Waals surface area contributed by atoms with Crippen LogP contribution < -0.4 is 11.1 Å². The highest BCUT2D eigenvalue weighted by Gasteiger charge is 2.28. The Morgan fingerprint density at radius 3 is 2.68 bits per heavy atom. The monoisotopic (exact) mass is 371 g/mol. The quantitative estimate of drug-likeness (QED) is 0.566. The van der Waals surface area contributed by atoms with Gasteiger partial charge in [0.2, 0.25) is 0 Å². The van der Waals surface area contributed by atoms with Crippen molar-refractivity contribution in [2.75, 3.05) is 0 Å². The van der Waals surface area contributed by atoms with Crippen LogP contribution in [-0.4, -0.2) is 35.4 Å². The third-order valence-electron chi connectivity index (χ3n) is 4.68. The Balaban J connectivity index is 1.61. The van der Waals surface area contributed by atoms with Crippen LogP contribution in [0.4, 0.5) is 0 Å². The van der Waals surface area contributed by atoms with E-state index in [1.54, 1.807) is 23.1 Å². The first kappa shape index (κ1) is 16.3. The fourth-order valence-electron chi connectivity index (χ4n) is 3.28. The number of hydrazine groups is 2. The van der Waals surface area contributed by atoms with Gasteiger partial charge in [0.05, 0.1) is 17.3 Å². The van der Waals surface area contributed by atoms with Crippen molar-refractivity contribution in [1.29, 1.82) is 0 Å². The lowest BCUT2D eigenvalue weighted by molar-refractivity contribution is 0.236. The van der Waals surface area contributed by atoms with E-state index in [-0.39, 0.29) is 6.04 Å². The number of aromatic nitrogens is 5. The number of fused-ring (bicyclic) bond motifs is 1. The summed E-state index contributed by atoms with van der Waals surface area (Å²) in [4.78, 5) is 12.6. The van der Waals surface area contributed by atoms with Crippen molar-refractivity contribution in [3.63, 3.8) is 0 Å². The van der Waals surface area contributed by atoms with Crippen LogP contribution in [0, 0.1) is 0 Å². The molecule has 4 aromatic rings. The van der Waals surface area contributed by atoms with Crippen molar-refractivity contribution < 1.29 is 0 Å². The molecule has 9 nitrogen and oxygen atoms in total. The van der Waals surface area contributed by atoms with Crippen molar-refractivity contribution in [1.82, 2.24) is 40.6 Å². The third-order valence-corrected chi connectivity index (χ3v) is 4.68. The topological polar surface area (TPSA) is 95.6 Å². The number of amidine groups is 1.